The van der Waals surface area contributed by atoms with Crippen molar-refractivity contribution >= 4 is 11.9 Å². The smallest absolute Gasteiger partial charge is 0.324 e. The van der Waals surface area contributed by atoms with E-state index in [0.29, 0.717) is 31.0 Å². The number of nitrogens with two attached hydrogens (primary N) is 1. The summed E-state index contributed by atoms with van der Waals surface area (Å²) < 4.78 is 11.5. The minimum atomic E-state index is -0.766. The third-order valence-electron chi connectivity index (χ3n) is 7.93. The van der Waals surface area contributed by atoms with Gasteiger partial charge in [-0.1, -0.05) is 32.0 Å². The molecule has 0 saturated carbocycles. The van der Waals surface area contributed by atoms with Gasteiger partial charge in [0.15, 0.2) is 5.82 Å². The number of anilines is 1. The molecule has 0 unspecified atom stereocenters. The van der Waals surface area contributed by atoms with Gasteiger partial charge in [0.1, 0.15) is 17.8 Å². The molecule has 1 aromatic carbocycles. The second-order valence-electron chi connectivity index (χ2n) is 10.8. The Bertz CT molecular complexity index is 1100. The molecule has 9 heteroatoms. The number of piperidine rings is 1. The maximum absolute atomic E-state index is 12.9. The number of carbonyl (C=O) groups is 1. The molecule has 200 valence electrons. The SMILES string of the molecule is Cc1cc(OCC[C@@H](C)C2CCN(c3nc(C(C)C)no3)CC2)ccc1[C@H](N)C(=O)N1CCC[C@H]1C#N. The third-order valence-corrected chi connectivity index (χ3v) is 7.93. The van der Waals surface area contributed by atoms with Gasteiger partial charge in [-0.15, -0.1) is 0 Å². The summed E-state index contributed by atoms with van der Waals surface area (Å²) in [4.78, 5) is 21.2. The first-order valence-corrected chi connectivity index (χ1v) is 13.6. The molecule has 0 aliphatic carbocycles. The van der Waals surface area contributed by atoms with Gasteiger partial charge >= 0.3 is 6.01 Å². The first-order valence-electron chi connectivity index (χ1n) is 13.6. The van der Waals surface area contributed by atoms with E-state index in [1.54, 1.807) is 4.90 Å². The highest BCUT2D eigenvalue weighted by molar-refractivity contribution is 5.84. The lowest BCUT2D eigenvalue weighted by atomic mass is 9.84. The Balaban J connectivity index is 1.23. The standard InChI is InChI=1S/C28H40N6O3/c1-18(2)26-31-28(37-32-26)33-13-9-21(10-14-33)19(3)11-15-36-23-7-8-24(20(4)16-23)25(30)27(35)34-12-5-6-22(34)17-29/h7-8,16,18-19,21-22,25H,5-6,9-15,30H2,1-4H3/t19-,22+,25+/m1/s1. The maximum Gasteiger partial charge on any atom is 0.324 e. The molecule has 2 saturated heterocycles. The monoisotopic (exact) mass is 508 g/mol. The molecule has 2 aliphatic rings. The van der Waals surface area contributed by atoms with E-state index in [4.69, 9.17) is 15.0 Å². The normalized spacial score (nSPS) is 20.2. The molecule has 1 aromatic heterocycles. The molecule has 2 fully saturated rings. The van der Waals surface area contributed by atoms with Gasteiger partial charge in [-0.3, -0.25) is 4.79 Å². The van der Waals surface area contributed by atoms with Crippen molar-refractivity contribution in [3.63, 3.8) is 0 Å². The van der Waals surface area contributed by atoms with E-state index in [2.05, 4.69) is 41.9 Å². The van der Waals surface area contributed by atoms with Gasteiger partial charge in [0, 0.05) is 25.6 Å². The van der Waals surface area contributed by atoms with Gasteiger partial charge in [-0.05, 0) is 74.1 Å². The first kappa shape index (κ1) is 26.9. The van der Waals surface area contributed by atoms with Crippen LogP contribution in [-0.4, -0.2) is 53.2 Å². The van der Waals surface area contributed by atoms with Crippen LogP contribution in [0.1, 0.15) is 81.8 Å². The summed E-state index contributed by atoms with van der Waals surface area (Å²) in [6, 6.07) is 7.44. The number of hydrogen-bond donors (Lipinski definition) is 1. The lowest BCUT2D eigenvalue weighted by Crippen LogP contribution is -2.41. The summed E-state index contributed by atoms with van der Waals surface area (Å²) >= 11 is 0. The van der Waals surface area contributed by atoms with E-state index >= 15 is 0 Å². The van der Waals surface area contributed by atoms with Gasteiger partial charge in [-0.2, -0.15) is 10.2 Å². The summed E-state index contributed by atoms with van der Waals surface area (Å²) in [6.45, 7) is 11.5. The molecule has 0 spiro atoms. The maximum atomic E-state index is 12.9. The van der Waals surface area contributed by atoms with Crippen LogP contribution in [-0.2, 0) is 4.79 Å². The number of benzene rings is 1. The molecule has 0 bridgehead atoms. The Morgan fingerprint density at radius 3 is 2.65 bits per heavy atom. The molecular formula is C28H40N6O3. The Morgan fingerprint density at radius 2 is 2.00 bits per heavy atom. The van der Waals surface area contributed by atoms with E-state index in [1.807, 2.05) is 25.1 Å². The zero-order valence-corrected chi connectivity index (χ0v) is 22.5. The Labute approximate surface area is 219 Å². The number of amides is 1. The number of aryl methyl sites for hydroxylation is 1. The van der Waals surface area contributed by atoms with Gasteiger partial charge in [-0.25, -0.2) is 0 Å². The lowest BCUT2D eigenvalue weighted by molar-refractivity contribution is -0.132. The predicted octanol–water partition coefficient (Wildman–Crippen LogP) is 4.34. The van der Waals surface area contributed by atoms with Crippen LogP contribution >= 0.6 is 0 Å². The number of ether oxygens (including phenoxy) is 1. The lowest BCUT2D eigenvalue weighted by Gasteiger charge is -2.33. The van der Waals surface area contributed by atoms with E-state index in [0.717, 1.165) is 67.9 Å². The molecule has 1 amide bonds. The summed E-state index contributed by atoms with van der Waals surface area (Å²) in [7, 11) is 0. The number of aromatic nitrogens is 2. The van der Waals surface area contributed by atoms with E-state index in [1.165, 1.54) is 0 Å². The van der Waals surface area contributed by atoms with Crippen LogP contribution < -0.4 is 15.4 Å². The number of nitriles is 1. The van der Waals surface area contributed by atoms with E-state index in [9.17, 15) is 10.1 Å². The topological polar surface area (TPSA) is 122 Å². The predicted molar refractivity (Wildman–Crippen MR) is 141 cm³/mol. The van der Waals surface area contributed by atoms with Gasteiger partial charge < -0.3 is 24.8 Å². The molecule has 3 heterocycles. The zero-order valence-electron chi connectivity index (χ0n) is 22.5. The van der Waals surface area contributed by atoms with Gasteiger partial charge in [0.25, 0.3) is 0 Å². The van der Waals surface area contributed by atoms with Crippen LogP contribution in [0.3, 0.4) is 0 Å². The quantitative estimate of drug-likeness (QED) is 0.531. The molecule has 2 N–H and O–H groups in total. The van der Waals surface area contributed by atoms with Crippen LogP contribution in [0.4, 0.5) is 6.01 Å². The van der Waals surface area contributed by atoms with Crippen LogP contribution in [0.2, 0.25) is 0 Å². The number of likely N-dealkylation sites (tertiary alicyclic amines) is 1. The highest BCUT2D eigenvalue weighted by atomic mass is 16.5. The van der Waals surface area contributed by atoms with Gasteiger partial charge in [0.05, 0.1) is 12.7 Å². The van der Waals surface area contributed by atoms with Gasteiger partial charge in [0.2, 0.25) is 5.91 Å². The van der Waals surface area contributed by atoms with Crippen molar-refractivity contribution in [2.24, 2.45) is 17.6 Å². The molecule has 3 atom stereocenters. The van der Waals surface area contributed by atoms with Crippen molar-refractivity contribution in [3.8, 4) is 11.8 Å². The average molecular weight is 509 g/mol. The number of carbonyl (C=O) groups excluding carboxylic acids is 1. The van der Waals surface area contributed by atoms with Crippen molar-refractivity contribution in [3.05, 3.63) is 35.2 Å². The number of rotatable bonds is 9. The number of hydrogen-bond acceptors (Lipinski definition) is 8. The van der Waals surface area contributed by atoms with Crippen molar-refractivity contribution in [1.29, 1.82) is 5.26 Å². The summed E-state index contributed by atoms with van der Waals surface area (Å²) in [5, 5.41) is 13.4. The average Bonchev–Trinajstić information content (AvgIpc) is 3.58. The highest BCUT2D eigenvalue weighted by Gasteiger charge is 2.33. The Hall–Kier alpha value is -3.12. The molecule has 2 aliphatic heterocycles. The van der Waals surface area contributed by atoms with E-state index < -0.39 is 6.04 Å². The fraction of sp³-hybridized carbons (Fsp3) is 0.643. The van der Waals surface area contributed by atoms with E-state index in [-0.39, 0.29) is 17.9 Å². The highest BCUT2D eigenvalue weighted by Crippen LogP contribution is 2.30. The molecule has 0 radical (unpaired) electrons. The third kappa shape index (κ3) is 6.24. The number of nitrogens with zero attached hydrogens (tertiary/aromatic N) is 5. The van der Waals surface area contributed by atoms with Crippen molar-refractivity contribution in [2.45, 2.75) is 77.8 Å². The van der Waals surface area contributed by atoms with Crippen molar-refractivity contribution in [1.82, 2.24) is 15.0 Å². The molecule has 4 rings (SSSR count). The fourth-order valence-corrected chi connectivity index (χ4v) is 5.41. The second-order valence-corrected chi connectivity index (χ2v) is 10.8. The summed E-state index contributed by atoms with van der Waals surface area (Å²) in [5.74, 6) is 2.83. The summed E-state index contributed by atoms with van der Waals surface area (Å²) in [5.41, 5.74) is 8.02. The second kappa shape index (κ2) is 12.0. The minimum absolute atomic E-state index is 0.180. The van der Waals surface area contributed by atoms with Crippen molar-refractivity contribution < 1.29 is 14.1 Å². The summed E-state index contributed by atoms with van der Waals surface area (Å²) in [6.07, 6.45) is 4.74. The van der Waals surface area contributed by atoms with Crippen LogP contribution in [0.25, 0.3) is 0 Å². The zero-order chi connectivity index (χ0) is 26.5. The Morgan fingerprint density at radius 1 is 1.24 bits per heavy atom. The molecule has 37 heavy (non-hydrogen) atoms. The molecule has 9 nitrogen and oxygen atoms in total. The van der Waals surface area contributed by atoms with Crippen molar-refractivity contribution in [2.75, 3.05) is 31.1 Å². The van der Waals surface area contributed by atoms with Crippen LogP contribution in [0, 0.1) is 30.1 Å². The van der Waals surface area contributed by atoms with Crippen LogP contribution in [0.15, 0.2) is 22.7 Å². The fourth-order valence-electron chi connectivity index (χ4n) is 5.41. The minimum Gasteiger partial charge on any atom is -0.494 e. The molecular weight excluding hydrogens is 468 g/mol. The van der Waals surface area contributed by atoms with Crippen LogP contribution in [0.5, 0.6) is 5.75 Å². The largest absolute Gasteiger partial charge is 0.494 e. The Kier molecular flexibility index (Phi) is 8.70. The molecule has 2 aromatic rings. The first-order chi connectivity index (χ1) is 17.8.